The molecule has 0 bridgehead atoms. The van der Waals surface area contributed by atoms with E-state index in [1.54, 1.807) is 0 Å². The predicted molar refractivity (Wildman–Crippen MR) is 21.9 cm³/mol. The molecule has 0 spiro atoms. The van der Waals surface area contributed by atoms with E-state index in [9.17, 15) is 35.1 Å². The molecule has 0 saturated carbocycles. The van der Waals surface area contributed by atoms with Gasteiger partial charge in [-0.15, -0.1) is 0 Å². The molecule has 74 valence electrons. The van der Waals surface area contributed by atoms with E-state index in [0.29, 0.717) is 0 Å². The monoisotopic (exact) mass is 202 g/mol. The van der Waals surface area contributed by atoms with Crippen LogP contribution in [0.4, 0.5) is 35.1 Å². The highest BCUT2D eigenvalue weighted by Gasteiger charge is 2.65. The molecule has 1 unspecified atom stereocenters. The quantitative estimate of drug-likeness (QED) is 0.604. The molecule has 0 fully saturated rings. The average molecular weight is 202 g/mol. The van der Waals surface area contributed by atoms with Crippen molar-refractivity contribution in [2.75, 3.05) is 0 Å². The molecule has 12 heavy (non-hydrogen) atoms. The molecular formula is C4H2F8. The van der Waals surface area contributed by atoms with Crippen molar-refractivity contribution in [2.24, 2.45) is 0 Å². The Balaban J connectivity index is 4.61. The lowest BCUT2D eigenvalue weighted by molar-refractivity contribution is -0.314. The molecule has 0 aromatic heterocycles. The van der Waals surface area contributed by atoms with Crippen molar-refractivity contribution in [1.82, 2.24) is 0 Å². The van der Waals surface area contributed by atoms with Crippen molar-refractivity contribution in [2.45, 2.75) is 24.7 Å². The molecule has 0 saturated heterocycles. The summed E-state index contributed by atoms with van der Waals surface area (Å²) in [4.78, 5) is 0. The van der Waals surface area contributed by atoms with Gasteiger partial charge < -0.3 is 0 Å². The summed E-state index contributed by atoms with van der Waals surface area (Å²) in [5.74, 6) is -6.00. The van der Waals surface area contributed by atoms with Crippen LogP contribution in [0.25, 0.3) is 0 Å². The minimum Gasteiger partial charge on any atom is -0.234 e. The van der Waals surface area contributed by atoms with Crippen LogP contribution in [0.15, 0.2) is 0 Å². The van der Waals surface area contributed by atoms with E-state index < -0.39 is 24.7 Å². The van der Waals surface area contributed by atoms with Crippen LogP contribution in [-0.4, -0.2) is 24.7 Å². The molecule has 0 N–H and O–H groups in total. The molecular weight excluding hydrogens is 200 g/mol. The summed E-state index contributed by atoms with van der Waals surface area (Å²) in [6.07, 6.45) is -15.2. The normalized spacial score (nSPS) is 16.8. The topological polar surface area (TPSA) is 0 Å². The summed E-state index contributed by atoms with van der Waals surface area (Å²) in [7, 11) is 0. The van der Waals surface area contributed by atoms with E-state index in [1.165, 1.54) is 0 Å². The van der Waals surface area contributed by atoms with Crippen LogP contribution in [0.2, 0.25) is 0 Å². The van der Waals surface area contributed by atoms with Crippen molar-refractivity contribution >= 4 is 0 Å². The van der Waals surface area contributed by atoms with Crippen molar-refractivity contribution in [1.29, 1.82) is 0 Å². The van der Waals surface area contributed by atoms with Crippen molar-refractivity contribution in [3.63, 3.8) is 0 Å². The second-order valence-corrected chi connectivity index (χ2v) is 1.86. The number of hydrogen-bond donors (Lipinski definition) is 0. The van der Waals surface area contributed by atoms with Gasteiger partial charge in [0.15, 0.2) is 0 Å². The predicted octanol–water partition coefficient (Wildman–Crippen LogP) is 2.79. The molecule has 8 heteroatoms. The Kier molecular flexibility index (Phi) is 2.92. The molecule has 0 amide bonds. The second kappa shape index (κ2) is 3.06. The number of alkyl halides is 8. The van der Waals surface area contributed by atoms with E-state index in [1.807, 2.05) is 0 Å². The first-order valence-corrected chi connectivity index (χ1v) is 2.47. The Morgan fingerprint density at radius 1 is 0.750 bits per heavy atom. The highest BCUT2D eigenvalue weighted by atomic mass is 19.4. The van der Waals surface area contributed by atoms with Crippen molar-refractivity contribution in [3.05, 3.63) is 0 Å². The SMILES string of the molecule is FC(F)C(F)C(F)(F)C(F)(F)F. The summed E-state index contributed by atoms with van der Waals surface area (Å²) in [6.45, 7) is 0. The summed E-state index contributed by atoms with van der Waals surface area (Å²) < 4.78 is 90.3. The summed E-state index contributed by atoms with van der Waals surface area (Å²) >= 11 is 0. The van der Waals surface area contributed by atoms with Crippen LogP contribution in [0.1, 0.15) is 0 Å². The van der Waals surface area contributed by atoms with Gasteiger partial charge in [0, 0.05) is 0 Å². The number of rotatable bonds is 2. The zero-order chi connectivity index (χ0) is 10.2. The van der Waals surface area contributed by atoms with E-state index in [2.05, 4.69) is 0 Å². The van der Waals surface area contributed by atoms with Gasteiger partial charge >= 0.3 is 12.1 Å². The molecule has 0 aliphatic heterocycles. The van der Waals surface area contributed by atoms with Gasteiger partial charge in [0.25, 0.3) is 6.43 Å². The fourth-order valence-electron chi connectivity index (χ4n) is 0.315. The first-order valence-electron chi connectivity index (χ1n) is 2.47. The first kappa shape index (κ1) is 11.4. The van der Waals surface area contributed by atoms with Crippen LogP contribution < -0.4 is 0 Å². The smallest absolute Gasteiger partial charge is 0.234 e. The molecule has 0 aliphatic rings. The largest absolute Gasteiger partial charge is 0.456 e. The third-order valence-corrected chi connectivity index (χ3v) is 0.946. The Morgan fingerprint density at radius 2 is 1.08 bits per heavy atom. The number of halogens is 8. The fourth-order valence-corrected chi connectivity index (χ4v) is 0.315. The lowest BCUT2D eigenvalue weighted by Gasteiger charge is -2.22. The highest BCUT2D eigenvalue weighted by Crippen LogP contribution is 2.41. The van der Waals surface area contributed by atoms with Crippen LogP contribution in [0.3, 0.4) is 0 Å². The Hall–Kier alpha value is -0.560. The van der Waals surface area contributed by atoms with Gasteiger partial charge in [-0.3, -0.25) is 0 Å². The van der Waals surface area contributed by atoms with Crippen LogP contribution in [0.5, 0.6) is 0 Å². The molecule has 0 aromatic rings. The maximum atomic E-state index is 11.6. The Bertz CT molecular complexity index is 146. The van der Waals surface area contributed by atoms with Crippen molar-refractivity contribution in [3.8, 4) is 0 Å². The zero-order valence-corrected chi connectivity index (χ0v) is 5.18. The van der Waals surface area contributed by atoms with Gasteiger partial charge in [-0.25, -0.2) is 13.2 Å². The third kappa shape index (κ3) is 1.98. The van der Waals surface area contributed by atoms with Crippen LogP contribution >= 0.6 is 0 Å². The highest BCUT2D eigenvalue weighted by molar-refractivity contribution is 4.85. The standard InChI is InChI=1S/C4H2F8/c5-1(2(6)7)3(8,9)4(10,11)12/h1-2H. The first-order chi connectivity index (χ1) is 5.10. The Morgan fingerprint density at radius 3 is 1.17 bits per heavy atom. The average Bonchev–Trinajstić information content (AvgIpc) is 1.83. The van der Waals surface area contributed by atoms with Crippen LogP contribution in [0, 0.1) is 0 Å². The molecule has 0 radical (unpaired) electrons. The maximum Gasteiger partial charge on any atom is 0.456 e. The van der Waals surface area contributed by atoms with E-state index in [-0.39, 0.29) is 0 Å². The Labute approximate surface area is 61.2 Å². The van der Waals surface area contributed by atoms with E-state index >= 15 is 0 Å². The van der Waals surface area contributed by atoms with Gasteiger partial charge in [-0.1, -0.05) is 0 Å². The van der Waals surface area contributed by atoms with Gasteiger partial charge in [0.05, 0.1) is 0 Å². The molecule has 1 atom stereocenters. The van der Waals surface area contributed by atoms with Crippen LogP contribution in [-0.2, 0) is 0 Å². The second-order valence-electron chi connectivity index (χ2n) is 1.86. The summed E-state index contributed by atoms with van der Waals surface area (Å²) in [5.41, 5.74) is 0. The van der Waals surface area contributed by atoms with Gasteiger partial charge in [-0.05, 0) is 0 Å². The van der Waals surface area contributed by atoms with E-state index in [0.717, 1.165) is 0 Å². The minimum absolute atomic E-state index is 4.36. The lowest BCUT2D eigenvalue weighted by Crippen LogP contribution is -2.48. The molecule has 0 rings (SSSR count). The zero-order valence-electron chi connectivity index (χ0n) is 5.18. The summed E-state index contributed by atoms with van der Waals surface area (Å²) in [5, 5.41) is 0. The molecule has 0 aliphatic carbocycles. The van der Waals surface area contributed by atoms with Gasteiger partial charge in [0.1, 0.15) is 0 Å². The molecule has 0 aromatic carbocycles. The lowest BCUT2D eigenvalue weighted by atomic mass is 10.2. The van der Waals surface area contributed by atoms with Gasteiger partial charge in [0.2, 0.25) is 6.17 Å². The van der Waals surface area contributed by atoms with Crippen molar-refractivity contribution < 1.29 is 35.1 Å². The molecule has 0 heterocycles. The van der Waals surface area contributed by atoms with Gasteiger partial charge in [-0.2, -0.15) is 22.0 Å². The number of hydrogen-bond acceptors (Lipinski definition) is 0. The maximum absolute atomic E-state index is 11.6. The minimum atomic E-state index is -6.29. The third-order valence-electron chi connectivity index (χ3n) is 0.946. The summed E-state index contributed by atoms with van der Waals surface area (Å²) in [6, 6.07) is 0. The fraction of sp³-hybridized carbons (Fsp3) is 1.00. The molecule has 0 nitrogen and oxygen atoms in total. The van der Waals surface area contributed by atoms with E-state index in [4.69, 9.17) is 0 Å².